The standard InChI is InChI=1S/C15H14N2O2/c1-2-5-12(6-3-1)15(14-7-4-10-18-14)16-11-13-8-9-17-19-13/h1-10,15-16H,11H2. The van der Waals surface area contributed by atoms with Crippen molar-refractivity contribution in [3.8, 4) is 0 Å². The largest absolute Gasteiger partial charge is 0.467 e. The third-order valence-electron chi connectivity index (χ3n) is 2.93. The first-order valence-corrected chi connectivity index (χ1v) is 6.15. The Bertz CT molecular complexity index is 588. The van der Waals surface area contributed by atoms with Crippen LogP contribution in [0.15, 0.2) is 69.9 Å². The smallest absolute Gasteiger partial charge is 0.150 e. The lowest BCUT2D eigenvalue weighted by Crippen LogP contribution is -2.21. The highest BCUT2D eigenvalue weighted by molar-refractivity contribution is 5.26. The van der Waals surface area contributed by atoms with Crippen molar-refractivity contribution in [2.45, 2.75) is 12.6 Å². The second-order valence-corrected chi connectivity index (χ2v) is 4.22. The lowest BCUT2D eigenvalue weighted by atomic mass is 10.0. The molecule has 4 heteroatoms. The number of rotatable bonds is 5. The minimum Gasteiger partial charge on any atom is -0.467 e. The molecule has 96 valence electrons. The van der Waals surface area contributed by atoms with Crippen molar-refractivity contribution in [3.05, 3.63) is 78.1 Å². The molecule has 0 saturated carbocycles. The van der Waals surface area contributed by atoms with Crippen molar-refractivity contribution in [3.63, 3.8) is 0 Å². The van der Waals surface area contributed by atoms with Crippen LogP contribution >= 0.6 is 0 Å². The summed E-state index contributed by atoms with van der Waals surface area (Å²) in [5.41, 5.74) is 1.15. The Morgan fingerprint density at radius 1 is 1.05 bits per heavy atom. The fourth-order valence-corrected chi connectivity index (χ4v) is 2.02. The van der Waals surface area contributed by atoms with Crippen molar-refractivity contribution in [1.29, 1.82) is 0 Å². The summed E-state index contributed by atoms with van der Waals surface area (Å²) in [5, 5.41) is 7.11. The van der Waals surface area contributed by atoms with Crippen molar-refractivity contribution < 1.29 is 8.94 Å². The monoisotopic (exact) mass is 254 g/mol. The molecule has 0 amide bonds. The Morgan fingerprint density at radius 3 is 2.63 bits per heavy atom. The number of furan rings is 1. The highest BCUT2D eigenvalue weighted by Crippen LogP contribution is 2.22. The molecule has 3 aromatic rings. The predicted octanol–water partition coefficient (Wildman–Crippen LogP) is 3.15. The molecule has 0 fully saturated rings. The first-order chi connectivity index (χ1) is 9.43. The van der Waals surface area contributed by atoms with Gasteiger partial charge in [0.15, 0.2) is 0 Å². The SMILES string of the molecule is c1ccc(C(NCc2ccno2)c2ccco2)cc1. The van der Waals surface area contributed by atoms with Gasteiger partial charge in [0.2, 0.25) is 0 Å². The van der Waals surface area contributed by atoms with Gasteiger partial charge in [0.25, 0.3) is 0 Å². The van der Waals surface area contributed by atoms with Gasteiger partial charge in [0, 0.05) is 6.07 Å². The normalized spacial score (nSPS) is 12.4. The molecule has 0 aliphatic rings. The van der Waals surface area contributed by atoms with Crippen LogP contribution in [0.4, 0.5) is 0 Å². The van der Waals surface area contributed by atoms with E-state index in [2.05, 4.69) is 22.6 Å². The van der Waals surface area contributed by atoms with Gasteiger partial charge in [-0.3, -0.25) is 5.32 Å². The topological polar surface area (TPSA) is 51.2 Å². The molecule has 0 bridgehead atoms. The Kier molecular flexibility index (Phi) is 3.42. The van der Waals surface area contributed by atoms with Gasteiger partial charge in [-0.05, 0) is 17.7 Å². The Labute approximate surface area is 111 Å². The molecule has 1 unspecified atom stereocenters. The van der Waals surface area contributed by atoms with Crippen molar-refractivity contribution >= 4 is 0 Å². The highest BCUT2D eigenvalue weighted by atomic mass is 16.5. The van der Waals surface area contributed by atoms with Crippen LogP contribution in [0.3, 0.4) is 0 Å². The first-order valence-electron chi connectivity index (χ1n) is 6.15. The molecule has 1 atom stereocenters. The van der Waals surface area contributed by atoms with Gasteiger partial charge >= 0.3 is 0 Å². The van der Waals surface area contributed by atoms with Gasteiger partial charge in [0.1, 0.15) is 11.5 Å². The molecular weight excluding hydrogens is 240 g/mol. The van der Waals surface area contributed by atoms with Gasteiger partial charge < -0.3 is 8.94 Å². The van der Waals surface area contributed by atoms with Crippen LogP contribution in [0.5, 0.6) is 0 Å². The number of hydrogen-bond acceptors (Lipinski definition) is 4. The number of aromatic nitrogens is 1. The Morgan fingerprint density at radius 2 is 1.95 bits per heavy atom. The minimum absolute atomic E-state index is 0.00120. The number of benzene rings is 1. The van der Waals surface area contributed by atoms with Crippen molar-refractivity contribution in [2.75, 3.05) is 0 Å². The van der Waals surface area contributed by atoms with Crippen LogP contribution in [-0.2, 0) is 6.54 Å². The van der Waals surface area contributed by atoms with E-state index < -0.39 is 0 Å². The second kappa shape index (κ2) is 5.54. The van der Waals surface area contributed by atoms with E-state index in [1.54, 1.807) is 12.5 Å². The molecule has 4 nitrogen and oxygen atoms in total. The maximum atomic E-state index is 5.51. The van der Waals surface area contributed by atoms with Crippen molar-refractivity contribution in [2.24, 2.45) is 0 Å². The van der Waals surface area contributed by atoms with Crippen LogP contribution in [0.2, 0.25) is 0 Å². The summed E-state index contributed by atoms with van der Waals surface area (Å²) in [6, 6.07) is 15.9. The second-order valence-electron chi connectivity index (χ2n) is 4.22. The van der Waals surface area contributed by atoms with Gasteiger partial charge in [-0.2, -0.15) is 0 Å². The fourth-order valence-electron chi connectivity index (χ4n) is 2.02. The van der Waals surface area contributed by atoms with Crippen LogP contribution in [0.25, 0.3) is 0 Å². The average Bonchev–Trinajstić information content (AvgIpc) is 3.13. The molecule has 2 heterocycles. The minimum atomic E-state index is 0.00120. The van der Waals surface area contributed by atoms with Crippen LogP contribution in [-0.4, -0.2) is 5.16 Å². The summed E-state index contributed by atoms with van der Waals surface area (Å²) in [4.78, 5) is 0. The average molecular weight is 254 g/mol. The van der Waals surface area contributed by atoms with Gasteiger partial charge in [0.05, 0.1) is 25.0 Å². The number of nitrogens with zero attached hydrogens (tertiary/aromatic N) is 1. The summed E-state index contributed by atoms with van der Waals surface area (Å²) in [6.07, 6.45) is 3.32. The van der Waals surface area contributed by atoms with Gasteiger partial charge in [-0.25, -0.2) is 0 Å². The Balaban J connectivity index is 1.81. The molecular formula is C15H14N2O2. The van der Waals surface area contributed by atoms with Gasteiger partial charge in [-0.15, -0.1) is 0 Å². The third-order valence-corrected chi connectivity index (χ3v) is 2.93. The van der Waals surface area contributed by atoms with E-state index in [1.165, 1.54) is 0 Å². The zero-order chi connectivity index (χ0) is 12.9. The number of hydrogen-bond donors (Lipinski definition) is 1. The molecule has 2 aromatic heterocycles. The lowest BCUT2D eigenvalue weighted by molar-refractivity contribution is 0.360. The molecule has 1 aromatic carbocycles. The number of nitrogens with one attached hydrogen (secondary N) is 1. The summed E-state index contributed by atoms with van der Waals surface area (Å²) < 4.78 is 10.6. The lowest BCUT2D eigenvalue weighted by Gasteiger charge is -2.16. The zero-order valence-corrected chi connectivity index (χ0v) is 10.3. The third kappa shape index (κ3) is 2.74. The van der Waals surface area contributed by atoms with E-state index in [4.69, 9.17) is 8.94 Å². The maximum Gasteiger partial charge on any atom is 0.150 e. The summed E-state index contributed by atoms with van der Waals surface area (Å²) in [6.45, 7) is 0.597. The Hall–Kier alpha value is -2.33. The molecule has 3 rings (SSSR count). The zero-order valence-electron chi connectivity index (χ0n) is 10.3. The van der Waals surface area contributed by atoms with Gasteiger partial charge in [-0.1, -0.05) is 35.5 Å². The van der Waals surface area contributed by atoms with E-state index in [0.717, 1.165) is 17.1 Å². The summed E-state index contributed by atoms with van der Waals surface area (Å²) in [5.74, 6) is 1.68. The van der Waals surface area contributed by atoms with E-state index in [0.29, 0.717) is 6.54 Å². The predicted molar refractivity (Wildman–Crippen MR) is 70.3 cm³/mol. The molecule has 19 heavy (non-hydrogen) atoms. The molecule has 0 aliphatic carbocycles. The molecule has 0 saturated heterocycles. The van der Waals surface area contributed by atoms with Crippen LogP contribution < -0.4 is 5.32 Å². The van der Waals surface area contributed by atoms with E-state index >= 15 is 0 Å². The fraction of sp³-hybridized carbons (Fsp3) is 0.133. The van der Waals surface area contributed by atoms with Crippen LogP contribution in [0.1, 0.15) is 23.1 Å². The van der Waals surface area contributed by atoms with E-state index in [-0.39, 0.29) is 6.04 Å². The van der Waals surface area contributed by atoms with Crippen molar-refractivity contribution in [1.82, 2.24) is 10.5 Å². The molecule has 0 radical (unpaired) electrons. The van der Waals surface area contributed by atoms with Crippen LogP contribution in [0, 0.1) is 0 Å². The van der Waals surface area contributed by atoms with E-state index in [9.17, 15) is 0 Å². The molecule has 0 spiro atoms. The highest BCUT2D eigenvalue weighted by Gasteiger charge is 2.16. The maximum absolute atomic E-state index is 5.51. The summed E-state index contributed by atoms with van der Waals surface area (Å²) >= 11 is 0. The first kappa shape index (κ1) is 11.7. The van der Waals surface area contributed by atoms with E-state index in [1.807, 2.05) is 36.4 Å². The summed E-state index contributed by atoms with van der Waals surface area (Å²) in [7, 11) is 0. The molecule has 1 N–H and O–H groups in total. The quantitative estimate of drug-likeness (QED) is 0.760. The molecule has 0 aliphatic heterocycles.